The van der Waals surface area contributed by atoms with Gasteiger partial charge in [0.1, 0.15) is 11.2 Å². The second-order valence-corrected chi connectivity index (χ2v) is 18.2. The monoisotopic (exact) mass is 844 g/mol. The Morgan fingerprint density at radius 3 is 1.70 bits per heavy atom. The summed E-state index contributed by atoms with van der Waals surface area (Å²) in [6, 6.07) is 74.1. The van der Waals surface area contributed by atoms with E-state index in [4.69, 9.17) is 14.4 Å². The molecule has 1 aliphatic carbocycles. The Kier molecular flexibility index (Phi) is 7.68. The molecular weight excluding hydrogens is 805 g/mol. The molecule has 0 unspecified atom stereocenters. The van der Waals surface area contributed by atoms with E-state index in [0.29, 0.717) is 5.95 Å². The molecule has 0 saturated carbocycles. The third-order valence-electron chi connectivity index (χ3n) is 14.1. The van der Waals surface area contributed by atoms with Crippen molar-refractivity contribution in [3.63, 3.8) is 0 Å². The first-order valence-electron chi connectivity index (χ1n) is 22.6. The van der Waals surface area contributed by atoms with Crippen molar-refractivity contribution in [1.82, 2.24) is 19.1 Å². The predicted molar refractivity (Wildman–Crippen MR) is 272 cm³/mol. The zero-order valence-corrected chi connectivity index (χ0v) is 36.3. The zero-order chi connectivity index (χ0) is 43.7. The second-order valence-electron chi connectivity index (χ2n) is 18.2. The highest BCUT2D eigenvalue weighted by Crippen LogP contribution is 2.52. The summed E-state index contributed by atoms with van der Waals surface area (Å²) in [5.74, 6) is 0.655. The highest BCUT2D eigenvalue weighted by atomic mass is 16.3. The third kappa shape index (κ3) is 5.34. The molecule has 0 fully saturated rings. The summed E-state index contributed by atoms with van der Waals surface area (Å²) in [6.45, 7) is 4.72. The SMILES string of the molecule is CC1(C)c2ccc(-c3ccc4c(c3)c3cc5c(cc3n4-c3ccccc3)oc3ccccc35)cc2-c2cc3c4ccccc4n(-c4nc(-c5ccccc5)cc(-c5ccccc5)n4)c3cc21. The second kappa shape index (κ2) is 13.7. The maximum Gasteiger partial charge on any atom is 0.235 e. The summed E-state index contributed by atoms with van der Waals surface area (Å²) in [7, 11) is 0. The van der Waals surface area contributed by atoms with Gasteiger partial charge in [-0.3, -0.25) is 4.57 Å². The Hall–Kier alpha value is -8.54. The Morgan fingerprint density at radius 2 is 0.939 bits per heavy atom. The first-order valence-corrected chi connectivity index (χ1v) is 22.6. The van der Waals surface area contributed by atoms with Crippen LogP contribution < -0.4 is 0 Å². The molecule has 0 radical (unpaired) electrons. The van der Waals surface area contributed by atoms with Crippen molar-refractivity contribution in [2.75, 3.05) is 0 Å². The van der Waals surface area contributed by atoms with E-state index in [1.165, 1.54) is 54.9 Å². The van der Waals surface area contributed by atoms with Crippen molar-refractivity contribution >= 4 is 65.6 Å². The molecule has 0 atom stereocenters. The summed E-state index contributed by atoms with van der Waals surface area (Å²) in [6.07, 6.45) is 0. The maximum atomic E-state index is 6.42. The molecule has 4 aromatic heterocycles. The molecule has 1 aliphatic rings. The van der Waals surface area contributed by atoms with Crippen molar-refractivity contribution in [3.05, 3.63) is 217 Å². The molecule has 0 aliphatic heterocycles. The number of para-hydroxylation sites is 3. The van der Waals surface area contributed by atoms with E-state index in [-0.39, 0.29) is 5.41 Å². The molecule has 5 nitrogen and oxygen atoms in total. The van der Waals surface area contributed by atoms with Crippen LogP contribution in [0.25, 0.3) is 122 Å². The van der Waals surface area contributed by atoms with E-state index in [2.05, 4.69) is 211 Å². The lowest BCUT2D eigenvalue weighted by molar-refractivity contribution is 0.661. The van der Waals surface area contributed by atoms with Crippen LogP contribution in [-0.4, -0.2) is 19.1 Å². The summed E-state index contributed by atoms with van der Waals surface area (Å²) in [5, 5.41) is 7.04. The molecule has 0 bridgehead atoms. The number of rotatable bonds is 5. The summed E-state index contributed by atoms with van der Waals surface area (Å²) in [4.78, 5) is 10.6. The fourth-order valence-electron chi connectivity index (χ4n) is 10.9. The molecule has 310 valence electrons. The number of fused-ring (bicyclic) bond motifs is 12. The third-order valence-corrected chi connectivity index (χ3v) is 14.1. The van der Waals surface area contributed by atoms with Crippen molar-refractivity contribution < 1.29 is 4.42 Å². The number of hydrogen-bond acceptors (Lipinski definition) is 3. The molecule has 0 saturated heterocycles. The normalized spacial score (nSPS) is 13.1. The van der Waals surface area contributed by atoms with Gasteiger partial charge in [-0.05, 0) is 100 Å². The van der Waals surface area contributed by atoms with Crippen LogP contribution in [0.4, 0.5) is 0 Å². The molecule has 5 heteroatoms. The van der Waals surface area contributed by atoms with Crippen LogP contribution >= 0.6 is 0 Å². The van der Waals surface area contributed by atoms with Gasteiger partial charge in [0.15, 0.2) is 0 Å². The molecule has 66 heavy (non-hydrogen) atoms. The molecule has 0 amide bonds. The Labute approximate surface area is 380 Å². The molecule has 9 aromatic carbocycles. The molecule has 14 rings (SSSR count). The van der Waals surface area contributed by atoms with E-state index in [9.17, 15) is 0 Å². The average molecular weight is 845 g/mol. The Bertz CT molecular complexity index is 4060. The highest BCUT2D eigenvalue weighted by Gasteiger charge is 2.37. The van der Waals surface area contributed by atoms with E-state index >= 15 is 0 Å². The largest absolute Gasteiger partial charge is 0.456 e. The topological polar surface area (TPSA) is 48.8 Å². The van der Waals surface area contributed by atoms with E-state index < -0.39 is 0 Å². The minimum atomic E-state index is -0.244. The zero-order valence-electron chi connectivity index (χ0n) is 36.3. The quantitative estimate of drug-likeness (QED) is 0.173. The van der Waals surface area contributed by atoms with Crippen LogP contribution in [0.2, 0.25) is 0 Å². The molecular formula is C61H40N4O. The van der Waals surface area contributed by atoms with Gasteiger partial charge in [0.2, 0.25) is 5.95 Å². The van der Waals surface area contributed by atoms with Crippen molar-refractivity contribution in [2.24, 2.45) is 0 Å². The Morgan fingerprint density at radius 1 is 0.364 bits per heavy atom. The Balaban J connectivity index is 0.956. The molecule has 4 heterocycles. The number of furan rings is 1. The van der Waals surface area contributed by atoms with Gasteiger partial charge >= 0.3 is 0 Å². The minimum Gasteiger partial charge on any atom is -0.456 e. The summed E-state index contributed by atoms with van der Waals surface area (Å²) in [5.41, 5.74) is 18.6. The van der Waals surface area contributed by atoms with Gasteiger partial charge in [-0.15, -0.1) is 0 Å². The average Bonchev–Trinajstić information content (AvgIpc) is 4.07. The lowest BCUT2D eigenvalue weighted by Gasteiger charge is -2.22. The van der Waals surface area contributed by atoms with Crippen LogP contribution in [0.15, 0.2) is 211 Å². The number of nitrogens with zero attached hydrogens (tertiary/aromatic N) is 4. The van der Waals surface area contributed by atoms with Gasteiger partial charge in [0.05, 0.1) is 33.5 Å². The van der Waals surface area contributed by atoms with Gasteiger partial charge in [-0.2, -0.15) is 0 Å². The lowest BCUT2D eigenvalue weighted by Crippen LogP contribution is -2.15. The summed E-state index contributed by atoms with van der Waals surface area (Å²) >= 11 is 0. The van der Waals surface area contributed by atoms with Gasteiger partial charge in [-0.1, -0.05) is 147 Å². The fraction of sp³-hybridized carbons (Fsp3) is 0.0492. The molecule has 13 aromatic rings. The molecule has 0 spiro atoms. The predicted octanol–water partition coefficient (Wildman–Crippen LogP) is 15.9. The molecule has 0 N–H and O–H groups in total. The maximum absolute atomic E-state index is 6.42. The fourth-order valence-corrected chi connectivity index (χ4v) is 10.9. The van der Waals surface area contributed by atoms with Gasteiger partial charge in [0, 0.05) is 60.6 Å². The smallest absolute Gasteiger partial charge is 0.235 e. The van der Waals surface area contributed by atoms with Crippen molar-refractivity contribution in [3.8, 4) is 56.4 Å². The van der Waals surface area contributed by atoms with E-state index in [1.807, 2.05) is 18.2 Å². The minimum absolute atomic E-state index is 0.244. The van der Waals surface area contributed by atoms with Crippen LogP contribution in [0.1, 0.15) is 25.0 Å². The number of aromatic nitrogens is 4. The van der Waals surface area contributed by atoms with Crippen molar-refractivity contribution in [2.45, 2.75) is 19.3 Å². The number of benzene rings is 9. The first-order chi connectivity index (χ1) is 32.5. The van der Waals surface area contributed by atoms with Crippen molar-refractivity contribution in [1.29, 1.82) is 0 Å². The van der Waals surface area contributed by atoms with E-state index in [1.54, 1.807) is 0 Å². The van der Waals surface area contributed by atoms with Crippen LogP contribution in [0, 0.1) is 0 Å². The van der Waals surface area contributed by atoms with Gasteiger partial charge in [0.25, 0.3) is 0 Å². The van der Waals surface area contributed by atoms with Crippen LogP contribution in [0.3, 0.4) is 0 Å². The summed E-state index contributed by atoms with van der Waals surface area (Å²) < 4.78 is 11.1. The van der Waals surface area contributed by atoms with Gasteiger partial charge < -0.3 is 8.98 Å². The standard InChI is InChI=1S/C61H40N4O/c1-61(2)50-28-26-39(40-27-29-55-46(31-40)48-33-49-43-23-13-15-25-58(43)66-59(49)36-57(48)64(55)41-20-10-5-11-21-41)30-44(50)45-32-47-42-22-12-14-24-54(42)65(56(47)34-51(45)61)60-62-52(37-16-6-3-7-17-37)35-53(63-60)38-18-8-4-9-19-38/h3-36H,1-2H3. The van der Waals surface area contributed by atoms with Crippen LogP contribution in [-0.2, 0) is 5.41 Å². The van der Waals surface area contributed by atoms with E-state index in [0.717, 1.165) is 72.2 Å². The highest BCUT2D eigenvalue weighted by molar-refractivity contribution is 6.18. The van der Waals surface area contributed by atoms with Gasteiger partial charge in [-0.25, -0.2) is 9.97 Å². The number of hydrogen-bond donors (Lipinski definition) is 0. The van der Waals surface area contributed by atoms with Crippen LogP contribution in [0.5, 0.6) is 0 Å². The lowest BCUT2D eigenvalue weighted by atomic mass is 9.82. The first kappa shape index (κ1) is 36.9.